The minimum Gasteiger partial charge on any atom is -0.743 e. The molecule has 0 atom stereocenters. The maximum absolute atomic E-state index is 12.5. The van der Waals surface area contributed by atoms with Crippen LogP contribution in [0.4, 0.5) is 18.0 Å². The van der Waals surface area contributed by atoms with Gasteiger partial charge in [-0.05, 0) is 0 Å². The number of carbonyl (C=O) groups excluding carboxylic acids is 2. The van der Waals surface area contributed by atoms with Crippen LogP contribution in [0.15, 0.2) is 12.4 Å². The van der Waals surface area contributed by atoms with Crippen molar-refractivity contribution >= 4 is 22.2 Å². The molecule has 0 saturated carbocycles. The number of hydrogen-bond acceptors (Lipinski definition) is 7. The van der Waals surface area contributed by atoms with Gasteiger partial charge < -0.3 is 14.0 Å². The molecule has 0 aromatic carbocycles. The van der Waals surface area contributed by atoms with Gasteiger partial charge in [0.25, 0.3) is 0 Å². The van der Waals surface area contributed by atoms with Crippen LogP contribution in [0.3, 0.4) is 0 Å². The number of ether oxygens (including phenoxy) is 2. The molecule has 1 amide bonds. The molecule has 12 heteroatoms. The molecule has 0 radical (unpaired) electrons. The van der Waals surface area contributed by atoms with E-state index in [-0.39, 0.29) is 0 Å². The number of alkyl carbamates (subject to hydrolysis) is 1. The van der Waals surface area contributed by atoms with Crippen molar-refractivity contribution in [2.75, 3.05) is 13.3 Å². The third-order valence-corrected chi connectivity index (χ3v) is 2.23. The first-order chi connectivity index (χ1) is 8.47. The third kappa shape index (κ3) is 6.05. The molecule has 8 nitrogen and oxygen atoms in total. The second kappa shape index (κ2) is 6.38. The summed E-state index contributed by atoms with van der Waals surface area (Å²) in [4.78, 5) is 21.1. The van der Waals surface area contributed by atoms with Gasteiger partial charge in [0.15, 0.2) is 23.5 Å². The number of alkyl halides is 2. The highest BCUT2D eigenvalue weighted by atomic mass is 32.2. The van der Waals surface area contributed by atoms with Crippen molar-refractivity contribution in [1.29, 1.82) is 0 Å². The lowest BCUT2D eigenvalue weighted by Gasteiger charge is -2.19. The zero-order valence-corrected chi connectivity index (χ0v) is 9.84. The van der Waals surface area contributed by atoms with Gasteiger partial charge in [0.2, 0.25) is 5.83 Å². The van der Waals surface area contributed by atoms with E-state index in [1.165, 1.54) is 0 Å². The van der Waals surface area contributed by atoms with Gasteiger partial charge >= 0.3 is 17.3 Å². The largest absolute Gasteiger partial charge is 0.743 e. The highest BCUT2D eigenvalue weighted by Gasteiger charge is 2.39. The summed E-state index contributed by atoms with van der Waals surface area (Å²) in [5, 5.41) is -3.25. The summed E-state index contributed by atoms with van der Waals surface area (Å²) in [6.45, 7) is -0.391. The van der Waals surface area contributed by atoms with Crippen molar-refractivity contribution in [2.24, 2.45) is 0 Å². The molecule has 110 valence electrons. The maximum atomic E-state index is 12.5. The van der Waals surface area contributed by atoms with Crippen LogP contribution >= 0.6 is 0 Å². The van der Waals surface area contributed by atoms with E-state index in [0.717, 1.165) is 0 Å². The van der Waals surface area contributed by atoms with Crippen molar-refractivity contribution < 1.29 is 45.2 Å². The first-order valence-electron chi connectivity index (χ1n) is 4.23. The molecule has 0 aliphatic carbocycles. The topological polar surface area (TPSA) is 122 Å². The Morgan fingerprint density at radius 1 is 1.32 bits per heavy atom. The smallest absolute Gasteiger partial charge is 0.410 e. The molecule has 0 saturated heterocycles. The molecule has 0 heterocycles. The Labute approximate surface area is 104 Å². The number of amides is 1. The molecule has 0 fully saturated rings. The zero-order valence-electron chi connectivity index (χ0n) is 9.02. The predicted octanol–water partition coefficient (Wildman–Crippen LogP) is -0.165. The SMILES string of the molecule is C=C(F)C(=O)OCNC(=O)OCC(F)(F)S(=O)(=O)[O-]. The monoisotopic (exact) mass is 306 g/mol. The van der Waals surface area contributed by atoms with Gasteiger partial charge in [-0.2, -0.15) is 13.2 Å². The van der Waals surface area contributed by atoms with Gasteiger partial charge in [-0.3, -0.25) is 5.32 Å². The highest BCUT2D eigenvalue weighted by molar-refractivity contribution is 7.86. The quantitative estimate of drug-likeness (QED) is 0.313. The molecule has 19 heavy (non-hydrogen) atoms. The fourth-order valence-electron chi connectivity index (χ4n) is 0.512. The Kier molecular flexibility index (Phi) is 5.77. The summed E-state index contributed by atoms with van der Waals surface area (Å²) >= 11 is 0. The lowest BCUT2D eigenvalue weighted by Crippen LogP contribution is -2.37. The van der Waals surface area contributed by atoms with Crippen LogP contribution in [0.25, 0.3) is 0 Å². The molecule has 0 aromatic rings. The van der Waals surface area contributed by atoms with Gasteiger partial charge in [-0.1, -0.05) is 6.58 Å². The molecule has 0 unspecified atom stereocenters. The van der Waals surface area contributed by atoms with Crippen molar-refractivity contribution in [3.63, 3.8) is 0 Å². The average molecular weight is 306 g/mol. The van der Waals surface area contributed by atoms with Crippen molar-refractivity contribution in [1.82, 2.24) is 5.32 Å². The van der Waals surface area contributed by atoms with Crippen LogP contribution in [-0.4, -0.2) is 43.6 Å². The van der Waals surface area contributed by atoms with Crippen molar-refractivity contribution in [2.45, 2.75) is 5.25 Å². The standard InChI is InChI=1S/C7H8F3NO7S/c1-4(8)5(12)18-3-11-6(13)17-2-7(9,10)19(14,15)16/h1-3H2,(H,11,13)(H,14,15,16)/p-1. The molecular formula is C7H7F3NO7S-. The van der Waals surface area contributed by atoms with E-state index in [2.05, 4.69) is 16.1 Å². The number of esters is 1. The Balaban J connectivity index is 4.08. The Morgan fingerprint density at radius 3 is 2.26 bits per heavy atom. The minimum atomic E-state index is -5.98. The van der Waals surface area contributed by atoms with Crippen LogP contribution < -0.4 is 5.32 Å². The number of halogens is 3. The fourth-order valence-corrected chi connectivity index (χ4v) is 0.715. The van der Waals surface area contributed by atoms with E-state index in [0.29, 0.717) is 0 Å². The second-order valence-corrected chi connectivity index (χ2v) is 4.33. The van der Waals surface area contributed by atoms with Crippen LogP contribution in [0.5, 0.6) is 0 Å². The Hall–Kier alpha value is -1.82. The molecule has 0 bridgehead atoms. The summed E-state index contributed by atoms with van der Waals surface area (Å²) in [5.74, 6) is -2.97. The summed E-state index contributed by atoms with van der Waals surface area (Å²) in [6.07, 6.45) is -1.61. The first-order valence-corrected chi connectivity index (χ1v) is 5.63. The van der Waals surface area contributed by atoms with Gasteiger partial charge in [-0.25, -0.2) is 18.0 Å². The third-order valence-electron chi connectivity index (χ3n) is 1.38. The Bertz CT molecular complexity index is 475. The Morgan fingerprint density at radius 2 is 1.84 bits per heavy atom. The molecule has 0 aromatic heterocycles. The second-order valence-electron chi connectivity index (χ2n) is 2.83. The molecule has 0 aliphatic rings. The fraction of sp³-hybridized carbons (Fsp3) is 0.429. The molecule has 1 N–H and O–H groups in total. The zero-order chi connectivity index (χ0) is 15.3. The molecule has 0 rings (SSSR count). The molecular weight excluding hydrogens is 299 g/mol. The number of rotatable bonds is 6. The molecule has 0 spiro atoms. The van der Waals surface area contributed by atoms with E-state index in [9.17, 15) is 35.7 Å². The summed E-state index contributed by atoms with van der Waals surface area (Å²) in [5.41, 5.74) is 0. The van der Waals surface area contributed by atoms with Crippen LogP contribution in [0, 0.1) is 0 Å². The van der Waals surface area contributed by atoms with E-state index in [1.807, 2.05) is 0 Å². The normalized spacial score (nSPS) is 11.6. The first kappa shape index (κ1) is 17.2. The number of nitrogens with one attached hydrogen (secondary N) is 1. The highest BCUT2D eigenvalue weighted by Crippen LogP contribution is 2.20. The van der Waals surface area contributed by atoms with Crippen molar-refractivity contribution in [3.8, 4) is 0 Å². The van der Waals surface area contributed by atoms with Crippen molar-refractivity contribution in [3.05, 3.63) is 12.4 Å². The lowest BCUT2D eigenvalue weighted by molar-refractivity contribution is -0.141. The van der Waals surface area contributed by atoms with Gasteiger partial charge in [0, 0.05) is 0 Å². The lowest BCUT2D eigenvalue weighted by atomic mass is 10.6. The van der Waals surface area contributed by atoms with E-state index >= 15 is 0 Å². The minimum absolute atomic E-state index is 0.934. The van der Waals surface area contributed by atoms with Gasteiger partial charge in [-0.15, -0.1) is 0 Å². The van der Waals surface area contributed by atoms with E-state index < -0.39 is 46.6 Å². The average Bonchev–Trinajstić information content (AvgIpc) is 2.24. The van der Waals surface area contributed by atoms with Crippen LogP contribution in [0.2, 0.25) is 0 Å². The van der Waals surface area contributed by atoms with E-state index in [4.69, 9.17) is 0 Å². The van der Waals surface area contributed by atoms with E-state index in [1.54, 1.807) is 5.32 Å². The number of hydrogen-bond donors (Lipinski definition) is 1. The van der Waals surface area contributed by atoms with Crippen LogP contribution in [0.1, 0.15) is 0 Å². The van der Waals surface area contributed by atoms with Gasteiger partial charge in [0.1, 0.15) is 0 Å². The van der Waals surface area contributed by atoms with Gasteiger partial charge in [0.05, 0.1) is 0 Å². The van der Waals surface area contributed by atoms with Crippen LogP contribution in [-0.2, 0) is 24.4 Å². The maximum Gasteiger partial charge on any atom is 0.410 e. The predicted molar refractivity (Wildman–Crippen MR) is 50.3 cm³/mol. The summed E-state index contributed by atoms with van der Waals surface area (Å²) in [7, 11) is -5.98. The number of carbonyl (C=O) groups is 2. The summed E-state index contributed by atoms with van der Waals surface area (Å²) < 4.78 is 74.7. The molecule has 0 aliphatic heterocycles. The summed E-state index contributed by atoms with van der Waals surface area (Å²) in [6, 6.07) is 0.